The Labute approximate surface area is 182 Å². The van der Waals surface area contributed by atoms with Gasteiger partial charge in [0.05, 0.1) is 22.2 Å². The fraction of sp³-hybridized carbons (Fsp3) is 0.478. The average Bonchev–Trinajstić information content (AvgIpc) is 2.62. The van der Waals surface area contributed by atoms with Gasteiger partial charge in [0, 0.05) is 29.3 Å². The summed E-state index contributed by atoms with van der Waals surface area (Å²) in [5, 5.41) is 4.07. The summed E-state index contributed by atoms with van der Waals surface area (Å²) in [6, 6.07) is 5.32. The molecule has 29 heavy (non-hydrogen) atoms. The highest BCUT2D eigenvalue weighted by molar-refractivity contribution is 6.42. The van der Waals surface area contributed by atoms with E-state index < -0.39 is 11.9 Å². The normalized spacial score (nSPS) is 21.0. The molecule has 0 spiro atoms. The molecule has 1 atom stereocenters. The fourth-order valence-corrected chi connectivity index (χ4v) is 4.56. The largest absolute Gasteiger partial charge is 0.462 e. The highest BCUT2D eigenvalue weighted by atomic mass is 35.5. The molecule has 156 valence electrons. The van der Waals surface area contributed by atoms with Crippen LogP contribution in [0.4, 0.5) is 0 Å². The first-order valence-electron chi connectivity index (χ1n) is 10.0. The van der Waals surface area contributed by atoms with Gasteiger partial charge in [0.25, 0.3) is 0 Å². The van der Waals surface area contributed by atoms with Gasteiger partial charge in [-0.25, -0.2) is 4.79 Å². The molecule has 1 heterocycles. The summed E-state index contributed by atoms with van der Waals surface area (Å²) in [4.78, 5) is 26.3. The minimum Gasteiger partial charge on any atom is -0.462 e. The van der Waals surface area contributed by atoms with E-state index >= 15 is 0 Å². The quantitative estimate of drug-likeness (QED) is 0.459. The second-order valence-electron chi connectivity index (χ2n) is 8.56. The van der Waals surface area contributed by atoms with Gasteiger partial charge in [0.2, 0.25) is 0 Å². The molecule has 2 aliphatic rings. The lowest BCUT2D eigenvalue weighted by Gasteiger charge is -2.39. The highest BCUT2D eigenvalue weighted by Gasteiger charge is 2.43. The molecule has 0 amide bonds. The smallest absolute Gasteiger partial charge is 0.336 e. The van der Waals surface area contributed by atoms with Gasteiger partial charge in [-0.05, 0) is 36.8 Å². The van der Waals surface area contributed by atoms with Crippen LogP contribution in [-0.4, -0.2) is 18.4 Å². The predicted octanol–water partition coefficient (Wildman–Crippen LogP) is 5.94. The number of hydrogen-bond acceptors (Lipinski definition) is 4. The Bertz CT molecular complexity index is 915. The number of allylic oxidation sites excluding steroid dienone is 3. The maximum Gasteiger partial charge on any atom is 0.336 e. The third kappa shape index (κ3) is 4.39. The molecule has 0 fully saturated rings. The number of halogens is 2. The summed E-state index contributed by atoms with van der Waals surface area (Å²) in [5.74, 6) is -0.986. The van der Waals surface area contributed by atoms with Crippen LogP contribution in [0.2, 0.25) is 10.0 Å². The van der Waals surface area contributed by atoms with Crippen molar-refractivity contribution < 1.29 is 14.3 Å². The summed E-state index contributed by atoms with van der Waals surface area (Å²) < 4.78 is 5.52. The van der Waals surface area contributed by atoms with E-state index in [2.05, 4.69) is 19.2 Å². The molecule has 1 unspecified atom stereocenters. The Morgan fingerprint density at radius 3 is 2.69 bits per heavy atom. The van der Waals surface area contributed by atoms with Gasteiger partial charge < -0.3 is 10.1 Å². The van der Waals surface area contributed by atoms with Crippen LogP contribution in [-0.2, 0) is 14.3 Å². The maximum absolute atomic E-state index is 13.2. The lowest BCUT2D eigenvalue weighted by atomic mass is 9.68. The molecule has 6 heteroatoms. The van der Waals surface area contributed by atoms with Crippen LogP contribution in [0.5, 0.6) is 0 Å². The number of rotatable bonds is 5. The molecule has 1 aromatic rings. The zero-order valence-electron chi connectivity index (χ0n) is 17.3. The number of carbonyl (C=O) groups excluding carboxylic acids is 2. The van der Waals surface area contributed by atoms with Gasteiger partial charge in [0.15, 0.2) is 5.78 Å². The third-order valence-electron chi connectivity index (χ3n) is 5.48. The Morgan fingerprint density at radius 1 is 1.28 bits per heavy atom. The summed E-state index contributed by atoms with van der Waals surface area (Å²) >= 11 is 12.8. The molecule has 0 bridgehead atoms. The second kappa shape index (κ2) is 8.53. The van der Waals surface area contributed by atoms with Crippen LogP contribution in [0.15, 0.2) is 40.7 Å². The molecular formula is C23H27Cl2NO3. The van der Waals surface area contributed by atoms with Crippen molar-refractivity contribution in [1.29, 1.82) is 0 Å². The number of hydrogen-bond donors (Lipinski definition) is 1. The number of dihydropyridines is 1. The predicted molar refractivity (Wildman–Crippen MR) is 116 cm³/mol. The first-order valence-corrected chi connectivity index (χ1v) is 10.8. The number of carbonyl (C=O) groups is 2. The molecule has 0 saturated heterocycles. The van der Waals surface area contributed by atoms with Crippen molar-refractivity contribution in [2.75, 3.05) is 6.61 Å². The third-order valence-corrected chi connectivity index (χ3v) is 6.32. The maximum atomic E-state index is 13.2. The van der Waals surface area contributed by atoms with Crippen LogP contribution in [0, 0.1) is 5.41 Å². The van der Waals surface area contributed by atoms with Crippen molar-refractivity contribution in [1.82, 2.24) is 5.32 Å². The van der Waals surface area contributed by atoms with Crippen molar-refractivity contribution in [2.24, 2.45) is 5.41 Å². The van der Waals surface area contributed by atoms with E-state index in [0.29, 0.717) is 45.5 Å². The molecule has 0 aromatic heterocycles. The molecule has 0 radical (unpaired) electrons. The molecule has 1 aromatic carbocycles. The van der Waals surface area contributed by atoms with E-state index in [1.807, 2.05) is 19.9 Å². The highest BCUT2D eigenvalue weighted by Crippen LogP contribution is 2.48. The van der Waals surface area contributed by atoms with Crippen LogP contribution in [0.1, 0.15) is 64.9 Å². The van der Waals surface area contributed by atoms with E-state index in [9.17, 15) is 9.59 Å². The Kier molecular flexibility index (Phi) is 6.45. The van der Waals surface area contributed by atoms with Gasteiger partial charge in [-0.3, -0.25) is 4.79 Å². The van der Waals surface area contributed by atoms with Crippen molar-refractivity contribution in [3.05, 3.63) is 56.3 Å². The summed E-state index contributed by atoms with van der Waals surface area (Å²) in [5.41, 5.74) is 3.08. The summed E-state index contributed by atoms with van der Waals surface area (Å²) in [6.45, 7) is 8.37. The minimum atomic E-state index is -0.588. The number of nitrogens with one attached hydrogen (secondary N) is 1. The lowest BCUT2D eigenvalue weighted by Crippen LogP contribution is -2.38. The van der Waals surface area contributed by atoms with Crippen molar-refractivity contribution in [3.63, 3.8) is 0 Å². The number of esters is 1. The minimum absolute atomic E-state index is 0.0242. The zero-order chi connectivity index (χ0) is 21.3. The Balaban J connectivity index is 2.14. The van der Waals surface area contributed by atoms with Gasteiger partial charge in [-0.1, -0.05) is 62.5 Å². The van der Waals surface area contributed by atoms with Crippen LogP contribution < -0.4 is 5.32 Å². The SMILES string of the molecule is CCCCOC(=O)C1=C(C)NC2=C(C(=O)CC(C)(C)C2)C1c1cccc(Cl)c1Cl. The topological polar surface area (TPSA) is 55.4 Å². The average molecular weight is 436 g/mol. The van der Waals surface area contributed by atoms with Gasteiger partial charge in [-0.15, -0.1) is 0 Å². The zero-order valence-corrected chi connectivity index (χ0v) is 18.8. The number of unbranched alkanes of at least 4 members (excludes halogenated alkanes) is 1. The van der Waals surface area contributed by atoms with E-state index in [4.69, 9.17) is 27.9 Å². The van der Waals surface area contributed by atoms with Crippen LogP contribution in [0.25, 0.3) is 0 Å². The van der Waals surface area contributed by atoms with Crippen molar-refractivity contribution in [3.8, 4) is 0 Å². The molecule has 0 saturated carbocycles. The van der Waals surface area contributed by atoms with Crippen molar-refractivity contribution in [2.45, 2.75) is 59.3 Å². The number of ketones is 1. The molecule has 1 aliphatic heterocycles. The molecule has 1 N–H and O–H groups in total. The fourth-order valence-electron chi connectivity index (χ4n) is 4.15. The Hall–Kier alpha value is -1.78. The molecule has 1 aliphatic carbocycles. The van der Waals surface area contributed by atoms with Crippen LogP contribution in [0.3, 0.4) is 0 Å². The summed E-state index contributed by atoms with van der Waals surface area (Å²) in [7, 11) is 0. The molecule has 4 nitrogen and oxygen atoms in total. The van der Waals surface area contributed by atoms with E-state index in [1.54, 1.807) is 12.1 Å². The van der Waals surface area contributed by atoms with Crippen LogP contribution >= 0.6 is 23.2 Å². The van der Waals surface area contributed by atoms with E-state index in [0.717, 1.165) is 25.0 Å². The first kappa shape index (κ1) is 21.9. The second-order valence-corrected chi connectivity index (χ2v) is 9.35. The van der Waals surface area contributed by atoms with Gasteiger partial charge in [-0.2, -0.15) is 0 Å². The number of benzene rings is 1. The molecular weight excluding hydrogens is 409 g/mol. The monoisotopic (exact) mass is 435 g/mol. The number of ether oxygens (including phenoxy) is 1. The van der Waals surface area contributed by atoms with Crippen molar-refractivity contribution >= 4 is 35.0 Å². The van der Waals surface area contributed by atoms with E-state index in [-0.39, 0.29) is 11.2 Å². The van der Waals surface area contributed by atoms with E-state index in [1.165, 1.54) is 0 Å². The van der Waals surface area contributed by atoms with Gasteiger partial charge >= 0.3 is 5.97 Å². The lowest BCUT2D eigenvalue weighted by molar-refractivity contribution is -0.139. The molecule has 3 rings (SSSR count). The standard InChI is InChI=1S/C23H27Cl2NO3/c1-5-6-10-29-22(28)18-13(2)26-16-11-23(3,4)12-17(27)20(16)19(18)14-8-7-9-15(24)21(14)25/h7-9,19,26H,5-6,10-12H2,1-4H3. The Morgan fingerprint density at radius 2 is 2.00 bits per heavy atom. The first-order chi connectivity index (χ1) is 13.7. The number of Topliss-reactive ketones (excluding diaryl/α,β-unsaturated/α-hetero) is 1. The van der Waals surface area contributed by atoms with Gasteiger partial charge in [0.1, 0.15) is 0 Å². The summed E-state index contributed by atoms with van der Waals surface area (Å²) in [6.07, 6.45) is 2.85.